The van der Waals surface area contributed by atoms with E-state index in [1.807, 2.05) is 32.0 Å². The topological polar surface area (TPSA) is 79.7 Å². The zero-order valence-electron chi connectivity index (χ0n) is 17.5. The Morgan fingerprint density at radius 1 is 1.03 bits per heavy atom. The smallest absolute Gasteiger partial charge is 0.301 e. The van der Waals surface area contributed by atoms with Gasteiger partial charge < -0.3 is 9.84 Å². The van der Waals surface area contributed by atoms with Gasteiger partial charge in [0.05, 0.1) is 18.7 Å². The molecule has 0 bridgehead atoms. The molecule has 0 spiro atoms. The quantitative estimate of drug-likeness (QED) is 0.390. The second kappa shape index (κ2) is 8.07. The van der Waals surface area contributed by atoms with Crippen LogP contribution < -0.4 is 9.64 Å². The van der Waals surface area contributed by atoms with Crippen molar-refractivity contribution in [2.75, 3.05) is 12.0 Å². The molecule has 1 aliphatic heterocycles. The van der Waals surface area contributed by atoms with Gasteiger partial charge in [0.25, 0.3) is 5.78 Å². The zero-order valence-corrected chi connectivity index (χ0v) is 17.5. The lowest BCUT2D eigenvalue weighted by molar-refractivity contribution is -0.132. The first-order chi connectivity index (χ1) is 14.9. The molecular weight excluding hydrogens is 392 g/mol. The molecule has 2 heterocycles. The van der Waals surface area contributed by atoms with Crippen LogP contribution in [0.15, 0.2) is 72.4 Å². The molecule has 156 valence electrons. The van der Waals surface area contributed by atoms with Crippen LogP contribution in [0.5, 0.6) is 5.75 Å². The number of nitrogens with zero attached hydrogens (tertiary/aromatic N) is 2. The molecule has 2 aromatic carbocycles. The third kappa shape index (κ3) is 3.57. The summed E-state index contributed by atoms with van der Waals surface area (Å²) >= 11 is 0. The van der Waals surface area contributed by atoms with Gasteiger partial charge in [-0.15, -0.1) is 0 Å². The number of amides is 1. The van der Waals surface area contributed by atoms with Crippen LogP contribution in [0.4, 0.5) is 5.82 Å². The van der Waals surface area contributed by atoms with E-state index in [0.717, 1.165) is 11.1 Å². The lowest BCUT2D eigenvalue weighted by Crippen LogP contribution is -2.30. The standard InChI is InChI=1S/C25H22N2O4/c1-15-7-8-16(2)19(14-15)23(28)21-22(17-9-11-18(31-3)12-10-17)27(25(30)24(21)29)20-6-4-5-13-26-20/h4-14,22,28H,1-3H3/t22-/m0/s1. The summed E-state index contributed by atoms with van der Waals surface area (Å²) in [6, 6.07) is 17.0. The lowest BCUT2D eigenvalue weighted by atomic mass is 9.93. The molecule has 1 amide bonds. The molecular formula is C25H22N2O4. The number of carbonyl (C=O) groups is 2. The molecule has 1 fully saturated rings. The number of aliphatic hydroxyl groups is 1. The van der Waals surface area contributed by atoms with Crippen molar-refractivity contribution in [1.82, 2.24) is 4.98 Å². The number of Topliss-reactive ketones (excluding diaryl/α,β-unsaturated/α-hetero) is 1. The average molecular weight is 414 g/mol. The number of aromatic nitrogens is 1. The van der Waals surface area contributed by atoms with E-state index in [9.17, 15) is 14.7 Å². The zero-order chi connectivity index (χ0) is 22.1. The van der Waals surface area contributed by atoms with Crippen LogP contribution in [0.2, 0.25) is 0 Å². The van der Waals surface area contributed by atoms with Crippen molar-refractivity contribution in [3.05, 3.63) is 94.7 Å². The normalized spacial score (nSPS) is 17.8. The van der Waals surface area contributed by atoms with Crippen molar-refractivity contribution >= 4 is 23.3 Å². The minimum absolute atomic E-state index is 0.0366. The molecule has 3 aromatic rings. The summed E-state index contributed by atoms with van der Waals surface area (Å²) in [4.78, 5) is 31.8. The van der Waals surface area contributed by atoms with Crippen molar-refractivity contribution in [3.63, 3.8) is 0 Å². The molecule has 6 heteroatoms. The summed E-state index contributed by atoms with van der Waals surface area (Å²) in [5, 5.41) is 11.2. The van der Waals surface area contributed by atoms with Gasteiger partial charge in [-0.3, -0.25) is 14.5 Å². The molecule has 1 saturated heterocycles. The van der Waals surface area contributed by atoms with E-state index >= 15 is 0 Å². The van der Waals surface area contributed by atoms with E-state index in [4.69, 9.17) is 4.74 Å². The van der Waals surface area contributed by atoms with Crippen molar-refractivity contribution in [3.8, 4) is 5.75 Å². The first-order valence-corrected chi connectivity index (χ1v) is 9.86. The lowest BCUT2D eigenvalue weighted by Gasteiger charge is -2.24. The highest BCUT2D eigenvalue weighted by Crippen LogP contribution is 2.42. The predicted molar refractivity (Wildman–Crippen MR) is 118 cm³/mol. The molecule has 1 atom stereocenters. The van der Waals surface area contributed by atoms with Crippen LogP contribution in [0, 0.1) is 13.8 Å². The Bertz CT molecular complexity index is 1180. The number of pyridine rings is 1. The number of ketones is 1. The number of aryl methyl sites for hydroxylation is 2. The number of anilines is 1. The van der Waals surface area contributed by atoms with Crippen LogP contribution >= 0.6 is 0 Å². The predicted octanol–water partition coefficient (Wildman–Crippen LogP) is 4.33. The molecule has 0 unspecified atom stereocenters. The molecule has 31 heavy (non-hydrogen) atoms. The number of carbonyl (C=O) groups excluding carboxylic acids is 2. The van der Waals surface area contributed by atoms with Gasteiger partial charge >= 0.3 is 5.91 Å². The number of benzene rings is 2. The van der Waals surface area contributed by atoms with Gasteiger partial charge in [-0.25, -0.2) is 4.98 Å². The van der Waals surface area contributed by atoms with Gasteiger partial charge in [0.15, 0.2) is 0 Å². The summed E-state index contributed by atoms with van der Waals surface area (Å²) in [5.41, 5.74) is 2.97. The van der Waals surface area contributed by atoms with E-state index in [0.29, 0.717) is 22.7 Å². The number of ether oxygens (including phenoxy) is 1. The van der Waals surface area contributed by atoms with E-state index in [1.165, 1.54) is 4.90 Å². The molecule has 0 saturated carbocycles. The van der Waals surface area contributed by atoms with Gasteiger partial charge in [-0.2, -0.15) is 0 Å². The second-order valence-corrected chi connectivity index (χ2v) is 7.45. The number of rotatable bonds is 4. The summed E-state index contributed by atoms with van der Waals surface area (Å²) < 4.78 is 5.24. The molecule has 6 nitrogen and oxygen atoms in total. The Morgan fingerprint density at radius 2 is 1.77 bits per heavy atom. The highest BCUT2D eigenvalue weighted by Gasteiger charge is 2.47. The first kappa shape index (κ1) is 20.3. The minimum Gasteiger partial charge on any atom is -0.507 e. The maximum Gasteiger partial charge on any atom is 0.301 e. The van der Waals surface area contributed by atoms with E-state index in [1.54, 1.807) is 55.8 Å². The molecule has 4 rings (SSSR count). The highest BCUT2D eigenvalue weighted by molar-refractivity contribution is 6.51. The Balaban J connectivity index is 1.96. The Kier molecular flexibility index (Phi) is 5.29. The van der Waals surface area contributed by atoms with Gasteiger partial charge in [-0.05, 0) is 55.3 Å². The number of hydrogen-bond acceptors (Lipinski definition) is 5. The summed E-state index contributed by atoms with van der Waals surface area (Å²) in [6.07, 6.45) is 1.56. The molecule has 1 N–H and O–H groups in total. The third-order valence-electron chi connectivity index (χ3n) is 5.42. The monoisotopic (exact) mass is 414 g/mol. The molecule has 1 aromatic heterocycles. The van der Waals surface area contributed by atoms with Gasteiger partial charge in [0.1, 0.15) is 17.3 Å². The van der Waals surface area contributed by atoms with E-state index < -0.39 is 17.7 Å². The van der Waals surface area contributed by atoms with E-state index in [2.05, 4.69) is 4.98 Å². The maximum absolute atomic E-state index is 13.1. The number of aliphatic hydroxyl groups excluding tert-OH is 1. The van der Waals surface area contributed by atoms with Crippen molar-refractivity contribution in [2.24, 2.45) is 0 Å². The minimum atomic E-state index is -0.819. The fraction of sp³-hybridized carbons (Fsp3) is 0.160. The fourth-order valence-corrected chi connectivity index (χ4v) is 3.80. The van der Waals surface area contributed by atoms with Crippen LogP contribution in [0.25, 0.3) is 5.76 Å². The fourth-order valence-electron chi connectivity index (χ4n) is 3.80. The molecule has 0 aliphatic carbocycles. The van der Waals surface area contributed by atoms with Crippen LogP contribution in [0.1, 0.15) is 28.3 Å². The maximum atomic E-state index is 13.1. The summed E-state index contributed by atoms with van der Waals surface area (Å²) in [6.45, 7) is 3.76. The average Bonchev–Trinajstić information content (AvgIpc) is 3.06. The molecule has 1 aliphatic rings. The van der Waals surface area contributed by atoms with Crippen molar-refractivity contribution in [1.29, 1.82) is 0 Å². The largest absolute Gasteiger partial charge is 0.507 e. The Morgan fingerprint density at radius 3 is 2.42 bits per heavy atom. The van der Waals surface area contributed by atoms with Crippen molar-refractivity contribution in [2.45, 2.75) is 19.9 Å². The summed E-state index contributed by atoms with van der Waals surface area (Å²) in [5.74, 6) is -0.687. The number of hydrogen-bond donors (Lipinski definition) is 1. The highest BCUT2D eigenvalue weighted by atomic mass is 16.5. The summed E-state index contributed by atoms with van der Waals surface area (Å²) in [7, 11) is 1.56. The first-order valence-electron chi connectivity index (χ1n) is 9.86. The van der Waals surface area contributed by atoms with Crippen LogP contribution in [0.3, 0.4) is 0 Å². The SMILES string of the molecule is COc1ccc([C@H]2C(=C(O)c3cc(C)ccc3C)C(=O)C(=O)N2c2ccccn2)cc1. The number of methoxy groups -OCH3 is 1. The van der Waals surface area contributed by atoms with Crippen molar-refractivity contribution < 1.29 is 19.4 Å². The Hall–Kier alpha value is -3.93. The van der Waals surface area contributed by atoms with Crippen LogP contribution in [-0.2, 0) is 9.59 Å². The Labute approximate surface area is 180 Å². The second-order valence-electron chi connectivity index (χ2n) is 7.45. The van der Waals surface area contributed by atoms with Gasteiger partial charge in [-0.1, -0.05) is 35.9 Å². The molecule has 0 radical (unpaired) electrons. The third-order valence-corrected chi connectivity index (χ3v) is 5.42. The van der Waals surface area contributed by atoms with Crippen LogP contribution in [-0.4, -0.2) is 28.9 Å². The van der Waals surface area contributed by atoms with E-state index in [-0.39, 0.29) is 11.3 Å². The van der Waals surface area contributed by atoms with Gasteiger partial charge in [0, 0.05) is 11.8 Å². The van der Waals surface area contributed by atoms with Gasteiger partial charge in [0.2, 0.25) is 0 Å².